The first-order chi connectivity index (χ1) is 7.11. The fourth-order valence-corrected chi connectivity index (χ4v) is 0.867. The lowest BCUT2D eigenvalue weighted by atomic mass is 10.2. The van der Waals surface area contributed by atoms with Crippen LogP contribution in [0.3, 0.4) is 0 Å². The maximum Gasteiger partial charge on any atom is 0.271 e. The van der Waals surface area contributed by atoms with Crippen LogP contribution in [0.1, 0.15) is 24.2 Å². The molecule has 1 amide bonds. The van der Waals surface area contributed by atoms with E-state index in [2.05, 4.69) is 10.5 Å². The van der Waals surface area contributed by atoms with Crippen LogP contribution in [0.4, 0.5) is 0 Å². The zero-order chi connectivity index (χ0) is 11.3. The van der Waals surface area contributed by atoms with Crippen LogP contribution in [-0.2, 0) is 4.79 Å². The lowest BCUT2D eigenvalue weighted by Crippen LogP contribution is -2.20. The van der Waals surface area contributed by atoms with Crippen LogP contribution < -0.4 is 5.43 Å². The SMILES string of the molecule is CC(=O)/C(C)=N/NC(=O)c1ccccc1. The average molecular weight is 204 g/mol. The van der Waals surface area contributed by atoms with Crippen LogP contribution in [0.25, 0.3) is 0 Å². The Morgan fingerprint density at radius 3 is 2.27 bits per heavy atom. The third-order valence-electron chi connectivity index (χ3n) is 1.87. The summed E-state index contributed by atoms with van der Waals surface area (Å²) in [6.07, 6.45) is 0. The number of hydrogen-bond acceptors (Lipinski definition) is 3. The van der Waals surface area contributed by atoms with Crippen molar-refractivity contribution in [1.29, 1.82) is 0 Å². The molecule has 0 radical (unpaired) electrons. The third-order valence-corrected chi connectivity index (χ3v) is 1.87. The maximum absolute atomic E-state index is 11.4. The summed E-state index contributed by atoms with van der Waals surface area (Å²) in [4.78, 5) is 22.3. The number of amides is 1. The van der Waals surface area contributed by atoms with Crippen LogP contribution in [0.5, 0.6) is 0 Å². The molecular formula is C11H12N2O2. The van der Waals surface area contributed by atoms with Crippen molar-refractivity contribution >= 4 is 17.4 Å². The minimum atomic E-state index is -0.323. The smallest absolute Gasteiger partial charge is 0.271 e. The van der Waals surface area contributed by atoms with E-state index >= 15 is 0 Å². The zero-order valence-corrected chi connectivity index (χ0v) is 8.65. The number of benzene rings is 1. The van der Waals surface area contributed by atoms with Gasteiger partial charge in [0.15, 0.2) is 5.78 Å². The molecule has 4 nitrogen and oxygen atoms in total. The molecular weight excluding hydrogens is 192 g/mol. The van der Waals surface area contributed by atoms with Crippen LogP contribution in [-0.4, -0.2) is 17.4 Å². The molecule has 0 unspecified atom stereocenters. The summed E-state index contributed by atoms with van der Waals surface area (Å²) in [5.41, 5.74) is 3.10. The Labute approximate surface area is 88.0 Å². The molecule has 1 N–H and O–H groups in total. The van der Waals surface area contributed by atoms with Gasteiger partial charge in [0, 0.05) is 12.5 Å². The quantitative estimate of drug-likeness (QED) is 0.597. The van der Waals surface area contributed by atoms with Crippen LogP contribution >= 0.6 is 0 Å². The number of ketones is 1. The van der Waals surface area contributed by atoms with E-state index in [-0.39, 0.29) is 17.4 Å². The number of hydrazone groups is 1. The van der Waals surface area contributed by atoms with Gasteiger partial charge in [0.05, 0.1) is 0 Å². The maximum atomic E-state index is 11.4. The van der Waals surface area contributed by atoms with Gasteiger partial charge in [-0.25, -0.2) is 5.43 Å². The van der Waals surface area contributed by atoms with Crippen molar-refractivity contribution in [2.24, 2.45) is 5.10 Å². The molecule has 1 aromatic carbocycles. The zero-order valence-electron chi connectivity index (χ0n) is 8.65. The van der Waals surface area contributed by atoms with Crippen LogP contribution in [0.15, 0.2) is 35.4 Å². The Kier molecular flexibility index (Phi) is 3.74. The lowest BCUT2D eigenvalue weighted by Gasteiger charge is -1.99. The number of nitrogens with one attached hydrogen (secondary N) is 1. The second kappa shape index (κ2) is 5.05. The molecule has 78 valence electrons. The number of carbonyl (C=O) groups is 2. The Balaban J connectivity index is 2.66. The van der Waals surface area contributed by atoms with Gasteiger partial charge in [-0.1, -0.05) is 18.2 Å². The van der Waals surface area contributed by atoms with E-state index in [0.29, 0.717) is 5.56 Å². The fraction of sp³-hybridized carbons (Fsp3) is 0.182. The summed E-state index contributed by atoms with van der Waals surface area (Å²) in [5.74, 6) is -0.487. The predicted octanol–water partition coefficient (Wildman–Crippen LogP) is 1.38. The Hall–Kier alpha value is -1.97. The number of hydrogen-bond donors (Lipinski definition) is 1. The Morgan fingerprint density at radius 1 is 1.13 bits per heavy atom. The Bertz CT molecular complexity index is 396. The van der Waals surface area contributed by atoms with Crippen molar-refractivity contribution in [2.75, 3.05) is 0 Å². The van der Waals surface area contributed by atoms with Crippen molar-refractivity contribution in [3.63, 3.8) is 0 Å². The molecule has 0 heterocycles. The third kappa shape index (κ3) is 3.34. The van der Waals surface area contributed by atoms with Crippen molar-refractivity contribution in [3.8, 4) is 0 Å². The molecule has 4 heteroatoms. The van der Waals surface area contributed by atoms with Gasteiger partial charge in [0.2, 0.25) is 0 Å². The summed E-state index contributed by atoms with van der Waals surface area (Å²) in [6.45, 7) is 2.95. The summed E-state index contributed by atoms with van der Waals surface area (Å²) in [6, 6.07) is 8.69. The highest BCUT2D eigenvalue weighted by molar-refractivity contribution is 6.38. The van der Waals surface area contributed by atoms with Crippen LogP contribution in [0, 0.1) is 0 Å². The molecule has 0 aliphatic heterocycles. The van der Waals surface area contributed by atoms with E-state index in [4.69, 9.17) is 0 Å². The highest BCUT2D eigenvalue weighted by atomic mass is 16.2. The average Bonchev–Trinajstić information content (AvgIpc) is 2.26. The lowest BCUT2D eigenvalue weighted by molar-refractivity contribution is -0.111. The van der Waals surface area contributed by atoms with E-state index in [0.717, 1.165) is 0 Å². The van der Waals surface area contributed by atoms with E-state index in [9.17, 15) is 9.59 Å². The Morgan fingerprint density at radius 2 is 1.73 bits per heavy atom. The van der Waals surface area contributed by atoms with Gasteiger partial charge in [0.1, 0.15) is 5.71 Å². The van der Waals surface area contributed by atoms with Gasteiger partial charge in [-0.05, 0) is 19.1 Å². The minimum Gasteiger partial charge on any atom is -0.293 e. The summed E-state index contributed by atoms with van der Waals surface area (Å²) < 4.78 is 0. The first-order valence-corrected chi connectivity index (χ1v) is 4.52. The summed E-state index contributed by atoms with van der Waals surface area (Å²) in [5, 5.41) is 3.67. The van der Waals surface area contributed by atoms with Crippen LogP contribution in [0.2, 0.25) is 0 Å². The predicted molar refractivity (Wildman–Crippen MR) is 57.7 cm³/mol. The second-order valence-electron chi connectivity index (χ2n) is 3.06. The molecule has 0 saturated heterocycles. The van der Waals surface area contributed by atoms with Crippen molar-refractivity contribution in [3.05, 3.63) is 35.9 Å². The molecule has 0 fully saturated rings. The number of carbonyl (C=O) groups excluding carboxylic acids is 2. The van der Waals surface area contributed by atoms with E-state index in [1.807, 2.05) is 6.07 Å². The molecule has 0 saturated carbocycles. The second-order valence-corrected chi connectivity index (χ2v) is 3.06. The van der Waals surface area contributed by atoms with Gasteiger partial charge in [0.25, 0.3) is 5.91 Å². The first kappa shape index (κ1) is 11.1. The van der Waals surface area contributed by atoms with Gasteiger partial charge in [-0.3, -0.25) is 9.59 Å². The fourth-order valence-electron chi connectivity index (χ4n) is 0.867. The van der Waals surface area contributed by atoms with Gasteiger partial charge >= 0.3 is 0 Å². The summed E-state index contributed by atoms with van der Waals surface area (Å²) >= 11 is 0. The molecule has 0 aliphatic carbocycles. The first-order valence-electron chi connectivity index (χ1n) is 4.52. The molecule has 0 aromatic heterocycles. The number of rotatable bonds is 3. The minimum absolute atomic E-state index is 0.164. The molecule has 1 rings (SSSR count). The number of Topliss-reactive ketones (excluding diaryl/α,β-unsaturated/α-hetero) is 1. The molecule has 0 atom stereocenters. The van der Waals surface area contributed by atoms with E-state index in [1.54, 1.807) is 31.2 Å². The van der Waals surface area contributed by atoms with E-state index in [1.165, 1.54) is 6.92 Å². The standard InChI is InChI=1S/C11H12N2O2/c1-8(9(2)14)12-13-11(15)10-6-4-3-5-7-10/h3-7H,1-2H3,(H,13,15)/b12-8+. The van der Waals surface area contributed by atoms with E-state index < -0.39 is 0 Å². The van der Waals surface area contributed by atoms with Gasteiger partial charge in [-0.15, -0.1) is 0 Å². The van der Waals surface area contributed by atoms with Gasteiger partial charge in [-0.2, -0.15) is 5.10 Å². The van der Waals surface area contributed by atoms with Crippen molar-refractivity contribution in [2.45, 2.75) is 13.8 Å². The molecule has 15 heavy (non-hydrogen) atoms. The normalized spacial score (nSPS) is 10.9. The molecule has 0 aliphatic rings. The highest BCUT2D eigenvalue weighted by Gasteiger charge is 2.03. The molecule has 0 spiro atoms. The monoisotopic (exact) mass is 204 g/mol. The highest BCUT2D eigenvalue weighted by Crippen LogP contribution is 1.97. The molecule has 1 aromatic rings. The summed E-state index contributed by atoms with van der Waals surface area (Å²) in [7, 11) is 0. The van der Waals surface area contributed by atoms with Gasteiger partial charge < -0.3 is 0 Å². The topological polar surface area (TPSA) is 58.5 Å². The number of nitrogens with zero attached hydrogens (tertiary/aromatic N) is 1. The largest absolute Gasteiger partial charge is 0.293 e. The molecule has 0 bridgehead atoms. The van der Waals surface area contributed by atoms with Crippen molar-refractivity contribution < 1.29 is 9.59 Å². The van der Waals surface area contributed by atoms with Crippen molar-refractivity contribution in [1.82, 2.24) is 5.43 Å².